The van der Waals surface area contributed by atoms with Crippen LogP contribution in [0.25, 0.3) is 32.7 Å². The smallest absolute Gasteiger partial charge is 0.236 e. The van der Waals surface area contributed by atoms with Crippen LogP contribution in [0.1, 0.15) is 6.42 Å². The molecule has 0 saturated carbocycles. The van der Waals surface area contributed by atoms with Gasteiger partial charge in [0, 0.05) is 68.0 Å². The molecule has 2 aromatic carbocycles. The fourth-order valence-corrected chi connectivity index (χ4v) is 6.67. The van der Waals surface area contributed by atoms with Crippen LogP contribution in [0.3, 0.4) is 0 Å². The van der Waals surface area contributed by atoms with Crippen LogP contribution in [-0.2, 0) is 9.59 Å². The molecule has 1 atom stereocenters. The Morgan fingerprint density at radius 1 is 0.977 bits per heavy atom. The van der Waals surface area contributed by atoms with Crippen LogP contribution in [0.4, 0.5) is 10.8 Å². The van der Waals surface area contributed by atoms with Crippen LogP contribution in [0, 0.1) is 5.92 Å². The molecular weight excluding hydrogens is 562 g/mol. The first-order valence-electron chi connectivity index (χ1n) is 14.4. The maximum Gasteiger partial charge on any atom is 0.236 e. The number of piperazine rings is 1. The average molecular weight is 594 g/mol. The molecule has 2 N–H and O–H groups in total. The maximum absolute atomic E-state index is 13.2. The van der Waals surface area contributed by atoms with E-state index in [9.17, 15) is 9.59 Å². The number of rotatable bonds is 7. The lowest BCUT2D eigenvalue weighted by Gasteiger charge is -2.35. The highest BCUT2D eigenvalue weighted by atomic mass is 32.1. The van der Waals surface area contributed by atoms with Crippen molar-refractivity contribution >= 4 is 44.9 Å². The van der Waals surface area contributed by atoms with Gasteiger partial charge in [-0.3, -0.25) is 29.6 Å². The zero-order valence-electron chi connectivity index (χ0n) is 23.5. The number of aromatic amines is 1. The Morgan fingerprint density at radius 2 is 1.84 bits per heavy atom. The Hall–Kier alpha value is -4.68. The molecule has 2 fully saturated rings. The Balaban J connectivity index is 0.904. The number of fused-ring (bicyclic) bond motifs is 1. The Kier molecular flexibility index (Phi) is 7.52. The van der Waals surface area contributed by atoms with Crippen molar-refractivity contribution in [3.63, 3.8) is 0 Å². The molecule has 5 heterocycles. The molecule has 0 spiro atoms. The molecule has 2 aliphatic rings. The minimum absolute atomic E-state index is 0.0167. The number of nitrogens with one attached hydrogen (secondary N) is 2. The van der Waals surface area contributed by atoms with Gasteiger partial charge in [-0.05, 0) is 31.2 Å². The number of carbonyl (C=O) groups excluding carboxylic acids is 2. The van der Waals surface area contributed by atoms with Gasteiger partial charge in [-0.15, -0.1) is 0 Å². The highest BCUT2D eigenvalue weighted by molar-refractivity contribution is 7.18. The van der Waals surface area contributed by atoms with Crippen LogP contribution in [0.15, 0.2) is 73.3 Å². The second kappa shape index (κ2) is 11.9. The number of benzene rings is 2. The fourth-order valence-electron chi connectivity index (χ4n) is 5.74. The maximum atomic E-state index is 13.2. The number of aromatic nitrogens is 5. The fraction of sp³-hybridized carbons (Fsp3) is 0.290. The normalized spacial score (nSPS) is 17.4. The van der Waals surface area contributed by atoms with Crippen LogP contribution >= 0.6 is 11.3 Å². The van der Waals surface area contributed by atoms with Crippen molar-refractivity contribution in [3.8, 4) is 21.8 Å². The molecule has 0 radical (unpaired) electrons. The number of amides is 2. The lowest BCUT2D eigenvalue weighted by molar-refractivity contribution is -0.132. The van der Waals surface area contributed by atoms with Gasteiger partial charge < -0.3 is 15.1 Å². The van der Waals surface area contributed by atoms with Gasteiger partial charge in [0.05, 0.1) is 34.7 Å². The molecule has 43 heavy (non-hydrogen) atoms. The van der Waals surface area contributed by atoms with Gasteiger partial charge in [-0.2, -0.15) is 5.10 Å². The first kappa shape index (κ1) is 27.2. The number of hydrogen-bond donors (Lipinski definition) is 2. The highest BCUT2D eigenvalue weighted by Gasteiger charge is 2.31. The second-order valence-electron chi connectivity index (χ2n) is 10.9. The van der Waals surface area contributed by atoms with Crippen LogP contribution in [0.5, 0.6) is 0 Å². The first-order chi connectivity index (χ1) is 21.1. The Morgan fingerprint density at radius 3 is 2.65 bits per heavy atom. The van der Waals surface area contributed by atoms with Crippen molar-refractivity contribution in [2.24, 2.45) is 5.92 Å². The summed E-state index contributed by atoms with van der Waals surface area (Å²) in [6.45, 7) is 4.40. The summed E-state index contributed by atoms with van der Waals surface area (Å²) in [6, 6.07) is 15.8. The first-order valence-corrected chi connectivity index (χ1v) is 15.2. The van der Waals surface area contributed by atoms with Crippen molar-refractivity contribution in [2.45, 2.75) is 6.42 Å². The summed E-state index contributed by atoms with van der Waals surface area (Å²) in [5.41, 5.74) is 4.35. The van der Waals surface area contributed by atoms with E-state index in [2.05, 4.69) is 40.3 Å². The van der Waals surface area contributed by atoms with E-state index < -0.39 is 0 Å². The summed E-state index contributed by atoms with van der Waals surface area (Å²) in [6.07, 6.45) is 7.64. The average Bonchev–Trinajstić information content (AvgIpc) is 3.82. The molecule has 3 aromatic heterocycles. The molecule has 0 bridgehead atoms. The van der Waals surface area contributed by atoms with Crippen molar-refractivity contribution in [1.29, 1.82) is 0 Å². The van der Waals surface area contributed by atoms with Crippen molar-refractivity contribution in [2.75, 3.05) is 56.0 Å². The number of H-pyrrole nitrogens is 1. The quantitative estimate of drug-likeness (QED) is 0.293. The van der Waals surface area contributed by atoms with Gasteiger partial charge in [-0.1, -0.05) is 41.7 Å². The third-order valence-corrected chi connectivity index (χ3v) is 9.17. The minimum atomic E-state index is -0.160. The molecule has 0 unspecified atom stereocenters. The molecule has 2 amide bonds. The van der Waals surface area contributed by atoms with Crippen molar-refractivity contribution in [3.05, 3.63) is 73.3 Å². The Labute approximate surface area is 252 Å². The summed E-state index contributed by atoms with van der Waals surface area (Å²) in [5.74, 6) is -0.0670. The predicted octanol–water partition coefficient (Wildman–Crippen LogP) is 3.75. The molecule has 7 rings (SSSR count). The van der Waals surface area contributed by atoms with Crippen LogP contribution in [-0.4, -0.2) is 92.6 Å². The van der Waals surface area contributed by atoms with E-state index in [0.29, 0.717) is 26.2 Å². The third kappa shape index (κ3) is 5.84. The molecule has 12 heteroatoms. The molecule has 5 aromatic rings. The third-order valence-electron chi connectivity index (χ3n) is 8.09. The number of nitrogens with zero attached hydrogens (tertiary/aromatic N) is 7. The predicted molar refractivity (Wildman–Crippen MR) is 167 cm³/mol. The summed E-state index contributed by atoms with van der Waals surface area (Å²) in [7, 11) is 0. The van der Waals surface area contributed by atoms with Gasteiger partial charge in [0.1, 0.15) is 5.69 Å². The standard InChI is InChI=1S/C31H31N9O2S/c41-28(39-12-14-40(15-13-39)31-34-18-27(43-31)26-17-32-9-10-33-26)20-38-11-8-22(19-38)30(42)35-23-6-7-25-24(16-23)29(37-36-25)21-4-2-1-3-5-21/h1-7,9-10,16-18,22H,8,11-15,19-20H2,(H,35,42)(H,36,37)/t22-/m1/s1. The molecule has 0 aliphatic carbocycles. The topological polar surface area (TPSA) is 123 Å². The van der Waals surface area contributed by atoms with E-state index in [1.165, 1.54) is 0 Å². The SMILES string of the molecule is O=C(Nc1ccc2[nH]nc(-c3ccccc3)c2c1)[C@@H]1CCN(CC(=O)N2CCN(c3ncc(-c4cnccn4)s3)CC2)C1. The van der Waals surface area contributed by atoms with Gasteiger partial charge in [0.15, 0.2) is 5.13 Å². The number of thiazole rings is 1. The van der Waals surface area contributed by atoms with E-state index in [-0.39, 0.29) is 17.7 Å². The van der Waals surface area contributed by atoms with E-state index in [4.69, 9.17) is 0 Å². The van der Waals surface area contributed by atoms with E-state index >= 15 is 0 Å². The number of likely N-dealkylation sites (tertiary alicyclic amines) is 1. The zero-order valence-corrected chi connectivity index (χ0v) is 24.3. The van der Waals surface area contributed by atoms with Gasteiger partial charge >= 0.3 is 0 Å². The summed E-state index contributed by atoms with van der Waals surface area (Å²) in [4.78, 5) is 46.6. The van der Waals surface area contributed by atoms with E-state index in [1.807, 2.05) is 59.6 Å². The molecule has 11 nitrogen and oxygen atoms in total. The van der Waals surface area contributed by atoms with Crippen molar-refractivity contribution in [1.82, 2.24) is 34.9 Å². The lowest BCUT2D eigenvalue weighted by atomic mass is 10.1. The van der Waals surface area contributed by atoms with Crippen LogP contribution < -0.4 is 10.2 Å². The molecule has 2 saturated heterocycles. The van der Waals surface area contributed by atoms with E-state index in [1.54, 1.807) is 29.9 Å². The van der Waals surface area contributed by atoms with Gasteiger partial charge in [-0.25, -0.2) is 4.98 Å². The highest BCUT2D eigenvalue weighted by Crippen LogP contribution is 2.31. The monoisotopic (exact) mass is 593 g/mol. The van der Waals surface area contributed by atoms with E-state index in [0.717, 1.165) is 69.6 Å². The second-order valence-corrected chi connectivity index (χ2v) is 11.9. The Bertz CT molecular complexity index is 1730. The lowest BCUT2D eigenvalue weighted by Crippen LogP contribution is -2.51. The molecule has 218 valence electrons. The number of carbonyl (C=O) groups is 2. The van der Waals surface area contributed by atoms with Gasteiger partial charge in [0.2, 0.25) is 11.8 Å². The molecular formula is C31H31N9O2S. The summed E-state index contributed by atoms with van der Waals surface area (Å²) in [5, 5.41) is 12.5. The number of anilines is 2. The zero-order chi connectivity index (χ0) is 29.2. The number of hydrogen-bond acceptors (Lipinski definition) is 9. The molecule has 2 aliphatic heterocycles. The van der Waals surface area contributed by atoms with Gasteiger partial charge in [0.25, 0.3) is 0 Å². The minimum Gasteiger partial charge on any atom is -0.345 e. The van der Waals surface area contributed by atoms with Crippen LogP contribution in [0.2, 0.25) is 0 Å². The summed E-state index contributed by atoms with van der Waals surface area (Å²) >= 11 is 1.59. The van der Waals surface area contributed by atoms with Crippen molar-refractivity contribution < 1.29 is 9.59 Å². The largest absolute Gasteiger partial charge is 0.345 e. The summed E-state index contributed by atoms with van der Waals surface area (Å²) < 4.78 is 0.